The minimum absolute atomic E-state index is 0.223. The second-order valence-corrected chi connectivity index (χ2v) is 7.11. The number of nitrogens with zero attached hydrogens (tertiary/aromatic N) is 3. The molecule has 0 radical (unpaired) electrons. The van der Waals surface area contributed by atoms with Crippen LogP contribution in [-0.2, 0) is 6.54 Å². The zero-order valence-corrected chi connectivity index (χ0v) is 15.6. The second kappa shape index (κ2) is 8.25. The molecule has 6 heteroatoms. The Hall–Kier alpha value is -3.15. The second-order valence-electron chi connectivity index (χ2n) is 7.11. The molecule has 1 fully saturated rings. The molecule has 1 saturated heterocycles. The van der Waals surface area contributed by atoms with Crippen LogP contribution in [0.2, 0.25) is 0 Å². The first kappa shape index (κ1) is 18.2. The maximum Gasteiger partial charge on any atom is 0.321 e. The van der Waals surface area contributed by atoms with Gasteiger partial charge in [-0.2, -0.15) is 0 Å². The van der Waals surface area contributed by atoms with E-state index in [9.17, 15) is 9.18 Å². The molecule has 0 bridgehead atoms. The van der Waals surface area contributed by atoms with Crippen molar-refractivity contribution < 1.29 is 9.18 Å². The van der Waals surface area contributed by atoms with Gasteiger partial charge in [-0.05, 0) is 30.9 Å². The summed E-state index contributed by atoms with van der Waals surface area (Å²) in [7, 11) is 0. The van der Waals surface area contributed by atoms with Gasteiger partial charge < -0.3 is 14.8 Å². The monoisotopic (exact) mass is 378 g/mol. The molecule has 144 valence electrons. The quantitative estimate of drug-likeness (QED) is 0.719. The van der Waals surface area contributed by atoms with E-state index < -0.39 is 5.82 Å². The van der Waals surface area contributed by atoms with Crippen LogP contribution < -0.4 is 5.32 Å². The Morgan fingerprint density at radius 2 is 1.79 bits per heavy atom. The van der Waals surface area contributed by atoms with Crippen molar-refractivity contribution in [3.63, 3.8) is 0 Å². The van der Waals surface area contributed by atoms with Crippen LogP contribution in [-0.4, -0.2) is 33.6 Å². The van der Waals surface area contributed by atoms with Gasteiger partial charge in [0.15, 0.2) is 0 Å². The Kier molecular flexibility index (Phi) is 5.37. The number of carbonyl (C=O) groups is 1. The SMILES string of the molecule is O=C(Nc1ccccc1F)N1CCC(Cn2ccnc2-c2ccccc2)CC1. The maximum atomic E-state index is 13.7. The lowest BCUT2D eigenvalue weighted by molar-refractivity contribution is 0.177. The predicted molar refractivity (Wildman–Crippen MR) is 107 cm³/mol. The number of aromatic nitrogens is 2. The van der Waals surface area contributed by atoms with Gasteiger partial charge in [-0.15, -0.1) is 0 Å². The Morgan fingerprint density at radius 3 is 2.54 bits per heavy atom. The highest BCUT2D eigenvalue weighted by Crippen LogP contribution is 2.24. The van der Waals surface area contributed by atoms with Crippen molar-refractivity contribution in [3.8, 4) is 11.4 Å². The number of benzene rings is 2. The molecule has 2 aromatic carbocycles. The first-order chi connectivity index (χ1) is 13.7. The van der Waals surface area contributed by atoms with Gasteiger partial charge in [-0.3, -0.25) is 0 Å². The smallest absolute Gasteiger partial charge is 0.321 e. The molecule has 1 aliphatic heterocycles. The van der Waals surface area contributed by atoms with E-state index in [-0.39, 0.29) is 11.7 Å². The van der Waals surface area contributed by atoms with E-state index in [1.165, 1.54) is 6.07 Å². The average molecular weight is 378 g/mol. The Balaban J connectivity index is 1.33. The van der Waals surface area contributed by atoms with Crippen molar-refractivity contribution in [2.45, 2.75) is 19.4 Å². The number of likely N-dealkylation sites (tertiary alicyclic amines) is 1. The summed E-state index contributed by atoms with van der Waals surface area (Å²) < 4.78 is 15.9. The fourth-order valence-electron chi connectivity index (χ4n) is 3.66. The number of piperidine rings is 1. The lowest BCUT2D eigenvalue weighted by atomic mass is 9.97. The number of amides is 2. The summed E-state index contributed by atoms with van der Waals surface area (Å²) >= 11 is 0. The summed E-state index contributed by atoms with van der Waals surface area (Å²) in [6.45, 7) is 2.22. The number of rotatable bonds is 4. The molecule has 0 aliphatic carbocycles. The summed E-state index contributed by atoms with van der Waals surface area (Å²) in [4.78, 5) is 18.7. The fourth-order valence-corrected chi connectivity index (χ4v) is 3.66. The lowest BCUT2D eigenvalue weighted by Crippen LogP contribution is -2.41. The molecular weight excluding hydrogens is 355 g/mol. The van der Waals surface area contributed by atoms with Crippen molar-refractivity contribution in [1.82, 2.24) is 14.5 Å². The molecule has 0 unspecified atom stereocenters. The molecule has 0 atom stereocenters. The molecule has 0 spiro atoms. The minimum Gasteiger partial charge on any atom is -0.331 e. The van der Waals surface area contributed by atoms with Gasteiger partial charge in [0.1, 0.15) is 11.6 Å². The summed E-state index contributed by atoms with van der Waals surface area (Å²) in [6, 6.07) is 16.2. The zero-order chi connectivity index (χ0) is 19.3. The van der Waals surface area contributed by atoms with E-state index in [1.54, 1.807) is 23.1 Å². The Bertz CT molecular complexity index is 932. The van der Waals surface area contributed by atoms with E-state index in [4.69, 9.17) is 0 Å². The maximum absolute atomic E-state index is 13.7. The first-order valence-corrected chi connectivity index (χ1v) is 9.58. The predicted octanol–water partition coefficient (Wildman–Crippen LogP) is 4.63. The standard InChI is InChI=1S/C22H23FN4O/c23-19-8-4-5-9-20(19)25-22(28)26-13-10-17(11-14-26)16-27-15-12-24-21(27)18-6-2-1-3-7-18/h1-9,12,15,17H,10-11,13-14,16H2,(H,25,28). The van der Waals surface area contributed by atoms with Crippen LogP contribution in [0.4, 0.5) is 14.9 Å². The highest BCUT2D eigenvalue weighted by Gasteiger charge is 2.24. The molecule has 1 aliphatic rings. The van der Waals surface area contributed by atoms with E-state index in [1.807, 2.05) is 30.6 Å². The third kappa shape index (κ3) is 4.06. The molecule has 1 N–H and O–H groups in total. The number of hydrogen-bond donors (Lipinski definition) is 1. The summed E-state index contributed by atoms with van der Waals surface area (Å²) in [5, 5.41) is 2.67. The molecular formula is C22H23FN4O. The summed E-state index contributed by atoms with van der Waals surface area (Å²) in [5.41, 5.74) is 1.33. The minimum atomic E-state index is -0.417. The number of nitrogens with one attached hydrogen (secondary N) is 1. The molecule has 4 rings (SSSR count). The molecule has 0 saturated carbocycles. The average Bonchev–Trinajstić information content (AvgIpc) is 3.19. The summed E-state index contributed by atoms with van der Waals surface area (Å²) in [5.74, 6) is 1.04. The number of carbonyl (C=O) groups excluding carboxylic acids is 1. The zero-order valence-electron chi connectivity index (χ0n) is 15.6. The Labute approximate surface area is 163 Å². The van der Waals surface area contributed by atoms with Gasteiger partial charge in [0.05, 0.1) is 5.69 Å². The number of halogens is 1. The normalized spacial score (nSPS) is 14.8. The molecule has 28 heavy (non-hydrogen) atoms. The van der Waals surface area contributed by atoms with Gasteiger partial charge in [-0.1, -0.05) is 42.5 Å². The number of hydrogen-bond acceptors (Lipinski definition) is 2. The van der Waals surface area contributed by atoms with Crippen molar-refractivity contribution in [2.24, 2.45) is 5.92 Å². The van der Waals surface area contributed by atoms with Gasteiger partial charge in [0.25, 0.3) is 0 Å². The molecule has 2 amide bonds. The highest BCUT2D eigenvalue weighted by molar-refractivity contribution is 5.89. The van der Waals surface area contributed by atoms with Crippen LogP contribution in [0.25, 0.3) is 11.4 Å². The van der Waals surface area contributed by atoms with E-state index in [2.05, 4.69) is 27.0 Å². The number of imidazole rings is 1. The van der Waals surface area contributed by atoms with Gasteiger partial charge in [0, 0.05) is 37.6 Å². The molecule has 5 nitrogen and oxygen atoms in total. The van der Waals surface area contributed by atoms with Gasteiger partial charge in [-0.25, -0.2) is 14.2 Å². The van der Waals surface area contributed by atoms with Crippen LogP contribution in [0.3, 0.4) is 0 Å². The third-order valence-corrected chi connectivity index (χ3v) is 5.22. The lowest BCUT2D eigenvalue weighted by Gasteiger charge is -2.32. The van der Waals surface area contributed by atoms with E-state index in [0.29, 0.717) is 19.0 Å². The summed E-state index contributed by atoms with van der Waals surface area (Å²) in [6.07, 6.45) is 5.67. The van der Waals surface area contributed by atoms with Crippen LogP contribution in [0.15, 0.2) is 67.0 Å². The largest absolute Gasteiger partial charge is 0.331 e. The van der Waals surface area contributed by atoms with Crippen molar-refractivity contribution >= 4 is 11.7 Å². The highest BCUT2D eigenvalue weighted by atomic mass is 19.1. The van der Waals surface area contributed by atoms with E-state index >= 15 is 0 Å². The van der Waals surface area contributed by atoms with Crippen LogP contribution >= 0.6 is 0 Å². The van der Waals surface area contributed by atoms with Gasteiger partial charge >= 0.3 is 6.03 Å². The van der Waals surface area contributed by atoms with Gasteiger partial charge in [0.2, 0.25) is 0 Å². The molecule has 2 heterocycles. The van der Waals surface area contributed by atoms with Crippen molar-refractivity contribution in [2.75, 3.05) is 18.4 Å². The molecule has 1 aromatic heterocycles. The van der Waals surface area contributed by atoms with Crippen LogP contribution in [0.1, 0.15) is 12.8 Å². The Morgan fingerprint density at radius 1 is 1.07 bits per heavy atom. The van der Waals surface area contributed by atoms with Crippen molar-refractivity contribution in [3.05, 3.63) is 72.8 Å². The van der Waals surface area contributed by atoms with E-state index in [0.717, 1.165) is 30.8 Å². The van der Waals surface area contributed by atoms with Crippen LogP contribution in [0.5, 0.6) is 0 Å². The number of anilines is 1. The molecule has 3 aromatic rings. The number of para-hydroxylation sites is 1. The topological polar surface area (TPSA) is 50.2 Å². The third-order valence-electron chi connectivity index (χ3n) is 5.22. The van der Waals surface area contributed by atoms with Crippen LogP contribution in [0, 0.1) is 11.7 Å². The first-order valence-electron chi connectivity index (χ1n) is 9.58. The van der Waals surface area contributed by atoms with Crippen molar-refractivity contribution in [1.29, 1.82) is 0 Å². The fraction of sp³-hybridized carbons (Fsp3) is 0.273. The number of urea groups is 1.